The summed E-state index contributed by atoms with van der Waals surface area (Å²) in [6, 6.07) is 9.57. The maximum Gasteiger partial charge on any atom is 0.258 e. The second-order valence-corrected chi connectivity index (χ2v) is 6.50. The van der Waals surface area contributed by atoms with Crippen LogP contribution < -0.4 is 5.56 Å². The van der Waals surface area contributed by atoms with Crippen molar-refractivity contribution in [1.82, 2.24) is 19.6 Å². The molecule has 4 aromatic rings. The van der Waals surface area contributed by atoms with Crippen molar-refractivity contribution in [2.24, 2.45) is 0 Å². The van der Waals surface area contributed by atoms with Crippen LogP contribution in [0.15, 0.2) is 57.9 Å². The van der Waals surface area contributed by atoms with Crippen LogP contribution in [0.1, 0.15) is 5.69 Å². The highest BCUT2D eigenvalue weighted by molar-refractivity contribution is 7.98. The summed E-state index contributed by atoms with van der Waals surface area (Å²) >= 11 is 3.00. The number of fused-ring (bicyclic) bond motifs is 2. The van der Waals surface area contributed by atoms with Crippen LogP contribution in [0.3, 0.4) is 0 Å². The monoisotopic (exact) mass is 326 g/mol. The number of benzene rings is 1. The third kappa shape index (κ3) is 2.38. The zero-order valence-corrected chi connectivity index (χ0v) is 13.0. The van der Waals surface area contributed by atoms with Crippen molar-refractivity contribution in [1.29, 1.82) is 0 Å². The largest absolute Gasteiger partial charge is 0.269 e. The van der Waals surface area contributed by atoms with Gasteiger partial charge in [-0.3, -0.25) is 9.20 Å². The molecule has 3 heterocycles. The fourth-order valence-corrected chi connectivity index (χ4v) is 3.83. The normalized spacial score (nSPS) is 11.3. The molecule has 0 saturated carbocycles. The molecule has 108 valence electrons. The molecule has 0 aliphatic heterocycles. The summed E-state index contributed by atoms with van der Waals surface area (Å²) in [6.07, 6.45) is 3.49. The lowest BCUT2D eigenvalue weighted by Crippen LogP contribution is -2.12. The van der Waals surface area contributed by atoms with Crippen molar-refractivity contribution >= 4 is 38.8 Å². The topological polar surface area (TPSA) is 60.2 Å². The van der Waals surface area contributed by atoms with E-state index in [1.165, 1.54) is 11.3 Å². The van der Waals surface area contributed by atoms with Gasteiger partial charge in [-0.2, -0.15) is 5.10 Å². The molecule has 3 aromatic heterocycles. The zero-order valence-electron chi connectivity index (χ0n) is 11.3. The number of thioether (sulfide) groups is 1. The minimum absolute atomic E-state index is 0.0501. The Hall–Kier alpha value is -2.25. The Labute approximate surface area is 133 Å². The van der Waals surface area contributed by atoms with Crippen LogP contribution in [0.4, 0.5) is 0 Å². The summed E-state index contributed by atoms with van der Waals surface area (Å²) in [5.41, 5.74) is 0.707. The fourth-order valence-electron chi connectivity index (χ4n) is 2.21. The average Bonchev–Trinajstić information content (AvgIpc) is 3.02. The van der Waals surface area contributed by atoms with Crippen LogP contribution in [0.5, 0.6) is 0 Å². The fraction of sp³-hybridized carbons (Fsp3) is 0.0667. The molecule has 0 aliphatic rings. The second-order valence-electron chi connectivity index (χ2n) is 4.67. The van der Waals surface area contributed by atoms with Crippen molar-refractivity contribution in [3.05, 3.63) is 64.2 Å². The Morgan fingerprint density at radius 1 is 1.27 bits per heavy atom. The minimum Gasteiger partial charge on any atom is -0.269 e. The molecule has 5 nitrogen and oxygen atoms in total. The molecule has 0 unspecified atom stereocenters. The molecule has 0 spiro atoms. The second kappa shape index (κ2) is 5.51. The molecule has 0 bridgehead atoms. The first-order valence-electron chi connectivity index (χ1n) is 6.60. The lowest BCUT2D eigenvalue weighted by atomic mass is 10.2. The Kier molecular flexibility index (Phi) is 3.36. The van der Waals surface area contributed by atoms with E-state index in [0.717, 1.165) is 21.5 Å². The lowest BCUT2D eigenvalue weighted by Gasteiger charge is -2.04. The molecule has 0 fully saturated rings. The Morgan fingerprint density at radius 2 is 2.18 bits per heavy atom. The molecule has 22 heavy (non-hydrogen) atoms. The first-order valence-corrected chi connectivity index (χ1v) is 8.47. The molecule has 0 amide bonds. The van der Waals surface area contributed by atoms with Gasteiger partial charge < -0.3 is 0 Å². The highest BCUT2D eigenvalue weighted by Crippen LogP contribution is 2.26. The molecule has 0 aliphatic carbocycles. The Bertz CT molecular complexity index is 1020. The SMILES string of the molecule is O=c1cc(CSc2nncc3ccccc23)nc2sccn12. The van der Waals surface area contributed by atoms with Crippen LogP contribution in [-0.4, -0.2) is 19.6 Å². The summed E-state index contributed by atoms with van der Waals surface area (Å²) in [5.74, 6) is 0.590. The van der Waals surface area contributed by atoms with Crippen molar-refractivity contribution in [2.45, 2.75) is 10.8 Å². The number of thiazole rings is 1. The van der Waals surface area contributed by atoms with Crippen LogP contribution in [0.2, 0.25) is 0 Å². The number of nitrogens with zero attached hydrogens (tertiary/aromatic N) is 4. The predicted octanol–water partition coefficient (Wildman–Crippen LogP) is 2.99. The molecule has 0 saturated heterocycles. The average molecular weight is 326 g/mol. The van der Waals surface area contributed by atoms with E-state index in [1.807, 2.05) is 29.6 Å². The van der Waals surface area contributed by atoms with Gasteiger partial charge in [-0.15, -0.1) is 16.4 Å². The van der Waals surface area contributed by atoms with Gasteiger partial charge in [0.25, 0.3) is 5.56 Å². The molecule has 1 aromatic carbocycles. The zero-order chi connectivity index (χ0) is 14.9. The van der Waals surface area contributed by atoms with Crippen molar-refractivity contribution < 1.29 is 0 Å². The van der Waals surface area contributed by atoms with E-state index in [1.54, 1.807) is 34.6 Å². The molecular weight excluding hydrogens is 316 g/mol. The van der Waals surface area contributed by atoms with Gasteiger partial charge in [-0.25, -0.2) is 4.98 Å². The van der Waals surface area contributed by atoms with Crippen LogP contribution in [0.25, 0.3) is 15.7 Å². The highest BCUT2D eigenvalue weighted by Gasteiger charge is 2.07. The minimum atomic E-state index is -0.0501. The number of hydrogen-bond donors (Lipinski definition) is 0. The Balaban J connectivity index is 1.67. The van der Waals surface area contributed by atoms with E-state index in [2.05, 4.69) is 15.2 Å². The van der Waals surface area contributed by atoms with Gasteiger partial charge >= 0.3 is 0 Å². The van der Waals surface area contributed by atoms with Crippen LogP contribution in [0, 0.1) is 0 Å². The maximum atomic E-state index is 12.0. The first kappa shape index (κ1) is 13.4. The third-order valence-corrected chi connectivity index (χ3v) is 5.02. The molecular formula is C15H10N4OS2. The molecule has 4 rings (SSSR count). The van der Waals surface area contributed by atoms with Gasteiger partial charge in [-0.1, -0.05) is 36.0 Å². The number of rotatable bonds is 3. The molecule has 0 radical (unpaired) electrons. The van der Waals surface area contributed by atoms with E-state index in [4.69, 9.17) is 0 Å². The predicted molar refractivity (Wildman–Crippen MR) is 88.4 cm³/mol. The van der Waals surface area contributed by atoms with Crippen molar-refractivity contribution in [3.8, 4) is 0 Å². The number of aromatic nitrogens is 4. The summed E-state index contributed by atoms with van der Waals surface area (Å²) in [4.78, 5) is 17.2. The standard InChI is InChI=1S/C15H10N4OS2/c20-13-7-11(17-15-19(13)5-6-21-15)9-22-14-12-4-2-1-3-10(12)8-16-18-14/h1-8H,9H2. The smallest absolute Gasteiger partial charge is 0.258 e. The Morgan fingerprint density at radius 3 is 3.14 bits per heavy atom. The van der Waals surface area contributed by atoms with Gasteiger partial charge in [0.1, 0.15) is 5.03 Å². The molecule has 7 heteroatoms. The quantitative estimate of drug-likeness (QED) is 0.542. The highest BCUT2D eigenvalue weighted by atomic mass is 32.2. The van der Waals surface area contributed by atoms with Crippen molar-refractivity contribution in [2.75, 3.05) is 0 Å². The van der Waals surface area contributed by atoms with Crippen LogP contribution >= 0.6 is 23.1 Å². The van der Waals surface area contributed by atoms with Gasteiger partial charge in [0.05, 0.1) is 11.9 Å². The van der Waals surface area contributed by atoms with Crippen LogP contribution in [-0.2, 0) is 5.75 Å². The van der Waals surface area contributed by atoms with E-state index >= 15 is 0 Å². The van der Waals surface area contributed by atoms with E-state index < -0.39 is 0 Å². The van der Waals surface area contributed by atoms with Gasteiger partial charge in [0, 0.05) is 34.2 Å². The van der Waals surface area contributed by atoms with Gasteiger partial charge in [0.15, 0.2) is 4.96 Å². The van der Waals surface area contributed by atoms with Gasteiger partial charge in [0.2, 0.25) is 0 Å². The van der Waals surface area contributed by atoms with Gasteiger partial charge in [-0.05, 0) is 0 Å². The lowest BCUT2D eigenvalue weighted by molar-refractivity contribution is 0.954. The summed E-state index contributed by atoms with van der Waals surface area (Å²) in [5, 5.41) is 13.1. The number of hydrogen-bond acceptors (Lipinski definition) is 6. The summed E-state index contributed by atoms with van der Waals surface area (Å²) in [6.45, 7) is 0. The first-order chi connectivity index (χ1) is 10.8. The summed E-state index contributed by atoms with van der Waals surface area (Å²) < 4.78 is 1.55. The summed E-state index contributed by atoms with van der Waals surface area (Å²) in [7, 11) is 0. The van der Waals surface area contributed by atoms with E-state index in [0.29, 0.717) is 10.7 Å². The van der Waals surface area contributed by atoms with E-state index in [9.17, 15) is 4.79 Å². The third-order valence-electron chi connectivity index (χ3n) is 3.25. The molecule has 0 N–H and O–H groups in total. The maximum absolute atomic E-state index is 12.0. The van der Waals surface area contributed by atoms with E-state index in [-0.39, 0.29) is 5.56 Å². The molecule has 0 atom stereocenters. The van der Waals surface area contributed by atoms with Crippen molar-refractivity contribution in [3.63, 3.8) is 0 Å².